The van der Waals surface area contributed by atoms with Crippen LogP contribution >= 0.6 is 59.3 Å². The van der Waals surface area contributed by atoms with Crippen LogP contribution in [0.15, 0.2) is 223 Å². The molecule has 0 radical (unpaired) electrons. The summed E-state index contributed by atoms with van der Waals surface area (Å²) in [7, 11) is 0. The van der Waals surface area contributed by atoms with E-state index in [4.69, 9.17) is 78.1 Å². The number of rotatable bonds is 21. The molecule has 0 saturated heterocycles. The largest absolute Gasteiger partial charge is 0.508 e. The highest BCUT2D eigenvalue weighted by Gasteiger charge is 2.39. The molecular weight excluding hydrogens is 1630 g/mol. The van der Waals surface area contributed by atoms with Crippen LogP contribution in [0.4, 0.5) is 17.2 Å². The maximum absolute atomic E-state index is 12.9. The van der Waals surface area contributed by atoms with Crippen molar-refractivity contribution in [3.63, 3.8) is 0 Å². The van der Waals surface area contributed by atoms with Crippen LogP contribution in [0, 0.1) is 0 Å². The van der Waals surface area contributed by atoms with Crippen molar-refractivity contribution in [2.75, 3.05) is 49.6 Å². The van der Waals surface area contributed by atoms with Gasteiger partial charge in [0.1, 0.15) is 75.7 Å². The van der Waals surface area contributed by atoms with Gasteiger partial charge in [0.05, 0.1) is 17.4 Å². The van der Waals surface area contributed by atoms with E-state index < -0.39 is 24.1 Å². The van der Waals surface area contributed by atoms with Crippen LogP contribution in [0.2, 0.25) is 0 Å². The second-order valence-electron chi connectivity index (χ2n) is 28.6. The first-order valence-electron chi connectivity index (χ1n) is 37.7. The number of benzene rings is 8. The zero-order chi connectivity index (χ0) is 83.3. The van der Waals surface area contributed by atoms with Gasteiger partial charge in [0.25, 0.3) is 0 Å². The van der Waals surface area contributed by atoms with Crippen molar-refractivity contribution in [1.82, 2.24) is 39.2 Å². The fraction of sp³-hybridized carbons (Fsp3) is 0.188. The maximum Gasteiger partial charge on any atom is 0.336 e. The highest BCUT2D eigenvalue weighted by Crippen LogP contribution is 2.49. The van der Waals surface area contributed by atoms with E-state index in [9.17, 15) is 39.6 Å². The number of phenols is 2. The number of imidazole rings is 1. The molecule has 6 aliphatic heterocycles. The van der Waals surface area contributed by atoms with Gasteiger partial charge in [-0.2, -0.15) is 0 Å². The molecule has 10 aromatic rings. The number of thiazole rings is 1. The summed E-state index contributed by atoms with van der Waals surface area (Å²) >= 11 is 16.3. The molecule has 0 amide bonds. The number of carboxylic acids is 2. The van der Waals surface area contributed by atoms with Crippen molar-refractivity contribution >= 4 is 149 Å². The molecule has 0 bridgehead atoms. The molecule has 4 aromatic heterocycles. The fourth-order valence-corrected chi connectivity index (χ4v) is 18.4. The van der Waals surface area contributed by atoms with E-state index in [2.05, 4.69) is 40.5 Å². The van der Waals surface area contributed by atoms with Crippen molar-refractivity contribution in [1.29, 1.82) is 0 Å². The Kier molecular flexibility index (Phi) is 21.8. The summed E-state index contributed by atoms with van der Waals surface area (Å²) in [6.45, 7) is 10.5. The number of carboxylic acid groups (broad SMARTS) is 2. The van der Waals surface area contributed by atoms with Gasteiger partial charge in [-0.15, -0.1) is 11.3 Å². The second kappa shape index (κ2) is 33.2. The van der Waals surface area contributed by atoms with Crippen molar-refractivity contribution in [2.45, 2.75) is 86.3 Å². The number of nitrogens with zero attached hydrogens (tertiary/aromatic N) is 11. The van der Waals surface area contributed by atoms with Gasteiger partial charge in [0.2, 0.25) is 13.6 Å². The van der Waals surface area contributed by atoms with Crippen LogP contribution in [-0.2, 0) is 6.54 Å². The van der Waals surface area contributed by atoms with Gasteiger partial charge < -0.3 is 94.0 Å². The number of nitrogens with one attached hydrogen (secondary N) is 2. The third kappa shape index (κ3) is 15.8. The fourth-order valence-electron chi connectivity index (χ4n) is 14.7. The molecule has 0 spiro atoms. The smallest absolute Gasteiger partial charge is 0.336 e. The number of furan rings is 1. The van der Waals surface area contributed by atoms with Crippen LogP contribution in [0.1, 0.15) is 61.3 Å². The minimum Gasteiger partial charge on any atom is -0.508 e. The lowest BCUT2D eigenvalue weighted by Gasteiger charge is -2.31. The van der Waals surface area contributed by atoms with Crippen LogP contribution < -0.4 is 51.9 Å². The number of hydrogen-bond donors (Lipinski definition) is 8. The molecule has 10 heterocycles. The second-order valence-corrected chi connectivity index (χ2v) is 32.2. The molecule has 2 unspecified atom stereocenters. The molecule has 30 nitrogen and oxygen atoms in total. The SMILES string of the molecule is CC(C)N(CCCN1C(Sc2cc3c(cc2-c2ccco2)OCO3)=NC2C1=NC=NC2N)C(=S)Nc1ccc(-c2c3ccc(=O)cc-3oc3cc(O)ccc23)c(C(=O)O)c1.CC(C)N(CCCn1c(Sc2cc3c(cc2-c2nccs2)OCO3)nc2c(N)ncnc21)C(=S)Nc1ccc(-c2c3ccc(=O)cc-3oc3cc(O)ccc23)c(C(=O)O)c1. The number of aromatic hydroxyl groups is 2. The Morgan fingerprint density at radius 1 is 0.633 bits per heavy atom. The van der Waals surface area contributed by atoms with Gasteiger partial charge in [0.15, 0.2) is 71.4 Å². The summed E-state index contributed by atoms with van der Waals surface area (Å²) in [4.78, 5) is 90.2. The predicted molar refractivity (Wildman–Crippen MR) is 467 cm³/mol. The first kappa shape index (κ1) is 79.0. The normalized spacial score (nSPS) is 14.4. The minimum absolute atomic E-state index is 0.00530. The number of aryl methyl sites for hydroxylation is 1. The quantitative estimate of drug-likeness (QED) is 0.0245. The number of nitrogen functional groups attached to an aromatic ring is 1. The number of thioether (sulfide) groups is 1. The van der Waals surface area contributed by atoms with E-state index in [0.717, 1.165) is 25.9 Å². The number of aromatic nitrogens is 5. The molecule has 0 saturated carbocycles. The van der Waals surface area contributed by atoms with Crippen LogP contribution in [-0.4, -0.2) is 157 Å². The Labute approximate surface area is 705 Å². The van der Waals surface area contributed by atoms with Crippen molar-refractivity contribution in [3.05, 3.63) is 201 Å². The van der Waals surface area contributed by atoms with Gasteiger partial charge in [-0.3, -0.25) is 14.6 Å². The van der Waals surface area contributed by atoms with E-state index in [0.29, 0.717) is 172 Å². The number of hydrogen-bond acceptors (Lipinski definition) is 28. The maximum atomic E-state index is 12.9. The lowest BCUT2D eigenvalue weighted by molar-refractivity contribution is 0.0687. The first-order chi connectivity index (χ1) is 58.0. The van der Waals surface area contributed by atoms with Gasteiger partial charge >= 0.3 is 11.9 Å². The Morgan fingerprint density at radius 2 is 1.18 bits per heavy atom. The zero-order valence-electron chi connectivity index (χ0n) is 64.1. The van der Waals surface area contributed by atoms with E-state index in [1.54, 1.807) is 61.0 Å². The Hall–Kier alpha value is -13.5. The summed E-state index contributed by atoms with van der Waals surface area (Å²) in [6, 6.07) is 38.9. The lowest BCUT2D eigenvalue weighted by Crippen LogP contribution is -2.45. The third-order valence-electron chi connectivity index (χ3n) is 20.3. The molecule has 35 heteroatoms. The summed E-state index contributed by atoms with van der Waals surface area (Å²) in [5.41, 5.74) is 19.6. The number of fused-ring (bicyclic) bond motifs is 8. The van der Waals surface area contributed by atoms with Gasteiger partial charge in [0, 0.05) is 139 Å². The minimum atomic E-state index is -1.16. The molecule has 8 aliphatic rings. The summed E-state index contributed by atoms with van der Waals surface area (Å²) in [5, 5.41) is 54.0. The third-order valence-corrected chi connectivity index (χ3v) is 23.9. The molecule has 6 aromatic carbocycles. The number of phenolic OH excluding ortho intramolecular Hbond substituents is 2. The number of carbonyl (C=O) groups is 2. The standard InChI is InChI=1S/C43H37N7O8S2.C42H34N8O7S3/c1-22(2)49(42(59)47-23-6-9-26(29(15-23)41(53)54)37-27-10-7-24(51)16-32(27)58-33-17-25(52)8-11-28(33)37)12-4-13-50-40-38(39(44)45-20-46-40)48-43(50)60-36-19-35-34(56-21-57-35)18-30(36)31-5-3-14-55-31;1-21(2)49(41(58)47-22-4-7-25(28(14-22)40(53)54)35-26-8-5-23(51)15-30(26)57-31-16-24(52)6-9-27(31)35)11-3-12-50-38-36(37(43)45-19-46-38)48-42(50)60-34-18-33-32(55-20-56-33)17-29(34)39-44-10-13-59-39/h3,5-11,14-20,22,38-39,51H,4,12-13,21,44H2,1-2H3,(H,47,59)(H,53,54);4-10,13-19,21,51H,3,11-12,20H2,1-2H3,(H,47,58)(H,53,54)(H2,43,45,46). The number of amidine groups is 2. The number of aromatic carboxylic acids is 2. The van der Waals surface area contributed by atoms with Crippen LogP contribution in [0.3, 0.4) is 0 Å². The topological polar surface area (TPSA) is 405 Å². The number of ether oxygens (including phenoxy) is 4. The molecule has 606 valence electrons. The highest BCUT2D eigenvalue weighted by atomic mass is 32.2. The van der Waals surface area contributed by atoms with Gasteiger partial charge in [-0.25, -0.2) is 39.5 Å². The molecular formula is C85H71N15O15S5. The summed E-state index contributed by atoms with van der Waals surface area (Å²) in [6.07, 6.45) is 6.97. The van der Waals surface area contributed by atoms with E-state index >= 15 is 0 Å². The van der Waals surface area contributed by atoms with E-state index in [-0.39, 0.29) is 76.5 Å². The van der Waals surface area contributed by atoms with Crippen molar-refractivity contribution in [3.8, 4) is 101 Å². The number of anilines is 3. The van der Waals surface area contributed by atoms with Gasteiger partial charge in [-0.1, -0.05) is 35.7 Å². The van der Waals surface area contributed by atoms with Crippen molar-refractivity contribution in [2.24, 2.45) is 20.7 Å². The average Bonchev–Trinajstić information content (AvgIpc) is 1.12. The predicted octanol–water partition coefficient (Wildman–Crippen LogP) is 15.5. The zero-order valence-corrected chi connectivity index (χ0v) is 68.2. The van der Waals surface area contributed by atoms with E-state index in [1.807, 2.05) is 83.8 Å². The number of thiocarbonyl (C=S) groups is 2. The number of aliphatic imine (C=N–C) groups is 3. The van der Waals surface area contributed by atoms with E-state index in [1.165, 1.54) is 108 Å². The monoisotopic (exact) mass is 1700 g/mol. The highest BCUT2D eigenvalue weighted by molar-refractivity contribution is 8.14. The molecule has 18 rings (SSSR count). The Bertz CT molecular complexity index is 6590. The summed E-state index contributed by atoms with van der Waals surface area (Å²) < 4.78 is 42.5. The van der Waals surface area contributed by atoms with Crippen LogP contribution in [0.25, 0.3) is 99.9 Å². The summed E-state index contributed by atoms with van der Waals surface area (Å²) in [5.74, 6) is 2.35. The lowest BCUT2D eigenvalue weighted by atomic mass is 9.90. The van der Waals surface area contributed by atoms with Gasteiger partial charge in [-0.05, 0) is 185 Å². The van der Waals surface area contributed by atoms with Crippen LogP contribution in [0.5, 0.6) is 34.5 Å². The molecule has 120 heavy (non-hydrogen) atoms. The number of nitrogens with two attached hydrogens (primary N) is 2. The van der Waals surface area contributed by atoms with Crippen molar-refractivity contribution < 1.29 is 62.2 Å². The molecule has 10 N–H and O–H groups in total. The molecule has 2 atom stereocenters. The Balaban J connectivity index is 0.000000171. The Morgan fingerprint density at radius 3 is 1.73 bits per heavy atom. The molecule has 0 fully saturated rings. The first-order valence-corrected chi connectivity index (χ1v) is 41.0. The molecule has 2 aliphatic carbocycles. The average molecular weight is 1700 g/mol.